The van der Waals surface area contributed by atoms with Crippen molar-refractivity contribution in [2.75, 3.05) is 17.6 Å². The summed E-state index contributed by atoms with van der Waals surface area (Å²) in [5, 5.41) is 14.9. The quantitative estimate of drug-likeness (QED) is 0.366. The molecule has 0 amide bonds. The van der Waals surface area contributed by atoms with Gasteiger partial charge in [0.2, 0.25) is 0 Å². The number of hydrogen-bond acceptors (Lipinski definition) is 6. The van der Waals surface area contributed by atoms with Crippen molar-refractivity contribution < 1.29 is 9.72 Å². The van der Waals surface area contributed by atoms with Crippen LogP contribution in [0.1, 0.15) is 22.3 Å². The van der Waals surface area contributed by atoms with Crippen molar-refractivity contribution in [1.82, 2.24) is 0 Å². The van der Waals surface area contributed by atoms with Crippen LogP contribution in [0, 0.1) is 10.1 Å². The monoisotopic (exact) mass is 367 g/mol. The molecule has 0 radical (unpaired) electrons. The number of amidine groups is 1. The summed E-state index contributed by atoms with van der Waals surface area (Å²) in [6, 6.07) is 13.3. The van der Waals surface area contributed by atoms with Crippen molar-refractivity contribution in [2.45, 2.75) is 6.42 Å². The van der Waals surface area contributed by atoms with E-state index in [4.69, 9.17) is 0 Å². The number of anilines is 1. The molecule has 0 unspecified atom stereocenters. The average Bonchev–Trinajstić information content (AvgIpc) is 2.68. The van der Waals surface area contributed by atoms with E-state index in [0.717, 1.165) is 29.6 Å². The number of benzene rings is 2. The molecule has 0 aromatic heterocycles. The number of aliphatic imine (C=N–C) groups is 1. The number of nitrogens with one attached hydrogen (secondary N) is 1. The Morgan fingerprint density at radius 1 is 1.23 bits per heavy atom. The van der Waals surface area contributed by atoms with E-state index < -0.39 is 4.92 Å². The predicted octanol–water partition coefficient (Wildman–Crippen LogP) is 4.40. The summed E-state index contributed by atoms with van der Waals surface area (Å²) >= 11 is 1.69. The average molecular weight is 367 g/mol. The second kappa shape index (κ2) is 8.44. The highest BCUT2D eigenvalue weighted by Crippen LogP contribution is 2.18. The van der Waals surface area contributed by atoms with Gasteiger partial charge < -0.3 is 5.32 Å². The number of allylic oxidation sites excluding steroid dienone is 1. The Hall–Kier alpha value is -2.93. The van der Waals surface area contributed by atoms with Crippen molar-refractivity contribution in [3.63, 3.8) is 0 Å². The molecule has 0 atom stereocenters. The van der Waals surface area contributed by atoms with Gasteiger partial charge in [-0.25, -0.2) is 0 Å². The fourth-order valence-electron chi connectivity index (χ4n) is 2.39. The molecular formula is C19H17N3O3S. The highest BCUT2D eigenvalue weighted by molar-refractivity contribution is 8.14. The van der Waals surface area contributed by atoms with Gasteiger partial charge in [0, 0.05) is 35.7 Å². The van der Waals surface area contributed by atoms with Gasteiger partial charge in [0.1, 0.15) is 0 Å². The van der Waals surface area contributed by atoms with Gasteiger partial charge in [-0.05, 0) is 42.3 Å². The Balaban J connectivity index is 1.65. The number of hydrogen-bond donors (Lipinski definition) is 1. The molecule has 1 aliphatic heterocycles. The fraction of sp³-hybridized carbons (Fsp3) is 0.158. The van der Waals surface area contributed by atoms with Crippen LogP contribution in [0.5, 0.6) is 0 Å². The lowest BCUT2D eigenvalue weighted by atomic mass is 10.1. The number of ketones is 1. The zero-order chi connectivity index (χ0) is 18.4. The van der Waals surface area contributed by atoms with E-state index in [1.165, 1.54) is 18.2 Å². The van der Waals surface area contributed by atoms with Crippen molar-refractivity contribution in [3.8, 4) is 0 Å². The van der Waals surface area contributed by atoms with Crippen LogP contribution in [-0.2, 0) is 0 Å². The first-order valence-electron chi connectivity index (χ1n) is 8.13. The van der Waals surface area contributed by atoms with E-state index in [-0.39, 0.29) is 11.5 Å². The maximum Gasteiger partial charge on any atom is 0.270 e. The first kappa shape index (κ1) is 17.9. The number of nitrogens with zero attached hydrogens (tertiary/aromatic N) is 2. The lowest BCUT2D eigenvalue weighted by Crippen LogP contribution is -2.13. The van der Waals surface area contributed by atoms with Gasteiger partial charge in [-0.2, -0.15) is 0 Å². The SMILES string of the molecule is O=C(/C=C/c1cccc([N+](=O)[O-])c1)c1ccc(NC2=NCCCS2)cc1. The smallest absolute Gasteiger partial charge is 0.270 e. The van der Waals surface area contributed by atoms with Crippen LogP contribution in [0.3, 0.4) is 0 Å². The zero-order valence-electron chi connectivity index (χ0n) is 13.9. The Morgan fingerprint density at radius 2 is 2.04 bits per heavy atom. The molecule has 0 saturated carbocycles. The van der Waals surface area contributed by atoms with Gasteiger partial charge in [-0.3, -0.25) is 19.9 Å². The summed E-state index contributed by atoms with van der Waals surface area (Å²) in [5.41, 5.74) is 2.05. The van der Waals surface area contributed by atoms with Crippen LogP contribution in [0.2, 0.25) is 0 Å². The molecule has 2 aromatic carbocycles. The van der Waals surface area contributed by atoms with E-state index in [0.29, 0.717) is 11.1 Å². The van der Waals surface area contributed by atoms with Gasteiger partial charge in [0.15, 0.2) is 11.0 Å². The van der Waals surface area contributed by atoms with Crippen molar-refractivity contribution in [3.05, 3.63) is 75.8 Å². The summed E-state index contributed by atoms with van der Waals surface area (Å²) in [7, 11) is 0. The number of non-ortho nitro benzene ring substituents is 1. The molecule has 0 spiro atoms. The number of rotatable bonds is 5. The number of thioether (sulfide) groups is 1. The van der Waals surface area contributed by atoms with Crippen LogP contribution in [0.4, 0.5) is 11.4 Å². The molecule has 3 rings (SSSR count). The predicted molar refractivity (Wildman–Crippen MR) is 106 cm³/mol. The number of nitro groups is 1. The normalized spacial score (nSPS) is 14.1. The fourth-order valence-corrected chi connectivity index (χ4v) is 3.23. The molecule has 1 aliphatic rings. The highest BCUT2D eigenvalue weighted by Gasteiger charge is 2.08. The second-order valence-electron chi connectivity index (χ2n) is 5.64. The van der Waals surface area contributed by atoms with Gasteiger partial charge >= 0.3 is 0 Å². The van der Waals surface area contributed by atoms with Gasteiger partial charge in [0.05, 0.1) is 4.92 Å². The Bertz CT molecular complexity index is 876. The first-order valence-corrected chi connectivity index (χ1v) is 9.11. The molecule has 132 valence electrons. The summed E-state index contributed by atoms with van der Waals surface area (Å²) in [6.45, 7) is 0.842. The lowest BCUT2D eigenvalue weighted by molar-refractivity contribution is -0.384. The van der Waals surface area contributed by atoms with Gasteiger partial charge in [-0.1, -0.05) is 30.0 Å². The van der Waals surface area contributed by atoms with E-state index in [1.807, 2.05) is 12.1 Å². The summed E-state index contributed by atoms with van der Waals surface area (Å²) in [4.78, 5) is 27.0. The van der Waals surface area contributed by atoms with Crippen LogP contribution >= 0.6 is 11.8 Å². The maximum atomic E-state index is 12.3. The summed E-state index contributed by atoms with van der Waals surface area (Å²) < 4.78 is 0. The minimum Gasteiger partial charge on any atom is -0.335 e. The Morgan fingerprint density at radius 3 is 2.73 bits per heavy atom. The third-order valence-corrected chi connectivity index (χ3v) is 4.72. The van der Waals surface area contributed by atoms with Crippen LogP contribution in [-0.4, -0.2) is 28.2 Å². The van der Waals surface area contributed by atoms with Gasteiger partial charge in [0.25, 0.3) is 5.69 Å². The number of carbonyl (C=O) groups excluding carboxylic acids is 1. The first-order chi connectivity index (χ1) is 12.6. The molecule has 6 nitrogen and oxygen atoms in total. The molecule has 26 heavy (non-hydrogen) atoms. The standard InChI is InChI=1S/C19H17N3O3S/c23-18(10-5-14-3-1-4-17(13-14)22(24)25)15-6-8-16(9-7-15)21-19-20-11-2-12-26-19/h1,3-10,13H,2,11-12H2,(H,20,21)/b10-5+. The molecule has 0 aliphatic carbocycles. The van der Waals surface area contributed by atoms with Crippen molar-refractivity contribution in [1.29, 1.82) is 0 Å². The maximum absolute atomic E-state index is 12.3. The Kier molecular flexibility index (Phi) is 5.80. The molecule has 7 heteroatoms. The van der Waals surface area contributed by atoms with Crippen LogP contribution < -0.4 is 5.32 Å². The topological polar surface area (TPSA) is 84.6 Å². The van der Waals surface area contributed by atoms with E-state index in [9.17, 15) is 14.9 Å². The van der Waals surface area contributed by atoms with Crippen LogP contribution in [0.25, 0.3) is 6.08 Å². The highest BCUT2D eigenvalue weighted by atomic mass is 32.2. The summed E-state index contributed by atoms with van der Waals surface area (Å²) in [5.74, 6) is 0.901. The number of carbonyl (C=O) groups is 1. The lowest BCUT2D eigenvalue weighted by Gasteiger charge is -2.13. The largest absolute Gasteiger partial charge is 0.335 e. The minimum atomic E-state index is -0.459. The van der Waals surface area contributed by atoms with Gasteiger partial charge in [-0.15, -0.1) is 0 Å². The van der Waals surface area contributed by atoms with E-state index >= 15 is 0 Å². The Labute approximate surface area is 155 Å². The van der Waals surface area contributed by atoms with Crippen molar-refractivity contribution in [2.24, 2.45) is 4.99 Å². The number of nitro benzene ring substituents is 1. The minimum absolute atomic E-state index is 0.00137. The zero-order valence-corrected chi connectivity index (χ0v) is 14.7. The van der Waals surface area contributed by atoms with E-state index in [2.05, 4.69) is 10.3 Å². The molecule has 0 bridgehead atoms. The third-order valence-electron chi connectivity index (χ3n) is 3.73. The molecule has 1 N–H and O–H groups in total. The molecule has 2 aromatic rings. The van der Waals surface area contributed by atoms with E-state index in [1.54, 1.807) is 42.1 Å². The molecule has 0 saturated heterocycles. The second-order valence-corrected chi connectivity index (χ2v) is 6.72. The summed E-state index contributed by atoms with van der Waals surface area (Å²) in [6.07, 6.45) is 4.09. The van der Waals surface area contributed by atoms with Crippen LogP contribution in [0.15, 0.2) is 59.6 Å². The van der Waals surface area contributed by atoms with Crippen molar-refractivity contribution >= 4 is 40.2 Å². The third kappa shape index (κ3) is 4.80. The molecule has 1 heterocycles. The molecular weight excluding hydrogens is 350 g/mol. The molecule has 0 fully saturated rings.